The maximum Gasteiger partial charge on any atom is 0.162 e. The average molecular weight is 323 g/mol. The van der Waals surface area contributed by atoms with Gasteiger partial charge in [0.15, 0.2) is 5.65 Å². The second kappa shape index (κ2) is 6.03. The van der Waals surface area contributed by atoms with Crippen LogP contribution in [0.3, 0.4) is 0 Å². The molecule has 24 heavy (non-hydrogen) atoms. The number of nitrogens with one attached hydrogen (secondary N) is 2. The van der Waals surface area contributed by atoms with E-state index in [1.807, 2.05) is 29.9 Å². The molecule has 2 N–H and O–H groups in total. The summed E-state index contributed by atoms with van der Waals surface area (Å²) in [7, 11) is 3.58. The van der Waals surface area contributed by atoms with Gasteiger partial charge < -0.3 is 15.4 Å². The fourth-order valence-electron chi connectivity index (χ4n) is 3.22. The predicted octanol–water partition coefficient (Wildman–Crippen LogP) is 3.40. The smallest absolute Gasteiger partial charge is 0.162 e. The molecule has 1 aliphatic rings. The van der Waals surface area contributed by atoms with Crippen LogP contribution in [0, 0.1) is 0 Å². The average Bonchev–Trinajstić information content (AvgIpc) is 3.00. The Morgan fingerprint density at radius 3 is 2.92 bits per heavy atom. The van der Waals surface area contributed by atoms with Crippen LogP contribution >= 0.6 is 0 Å². The molecule has 0 atom stereocenters. The van der Waals surface area contributed by atoms with Gasteiger partial charge in [-0.3, -0.25) is 0 Å². The third kappa shape index (κ3) is 2.54. The lowest BCUT2D eigenvalue weighted by atomic mass is 10.0. The lowest BCUT2D eigenvalue weighted by Crippen LogP contribution is -2.05. The van der Waals surface area contributed by atoms with Crippen LogP contribution in [0.15, 0.2) is 30.5 Å². The van der Waals surface area contributed by atoms with Gasteiger partial charge in [-0.05, 0) is 43.4 Å². The maximum absolute atomic E-state index is 5.49. The van der Waals surface area contributed by atoms with Gasteiger partial charge in [-0.15, -0.1) is 0 Å². The summed E-state index contributed by atoms with van der Waals surface area (Å²) in [6, 6.07) is 8.27. The number of nitrogens with zero attached hydrogens (tertiary/aromatic N) is 3. The molecule has 1 aromatic carbocycles. The second-order valence-corrected chi connectivity index (χ2v) is 6.05. The minimum absolute atomic E-state index is 0.782. The molecule has 3 aromatic rings. The van der Waals surface area contributed by atoms with E-state index >= 15 is 0 Å². The number of hydrogen-bond acceptors (Lipinski definition) is 5. The Hall–Kier alpha value is -2.76. The van der Waals surface area contributed by atoms with Gasteiger partial charge in [-0.25, -0.2) is 4.98 Å². The van der Waals surface area contributed by atoms with Crippen LogP contribution in [0.25, 0.3) is 5.65 Å². The standard InChI is InChI=1S/C18H21N5O/c1-19-17-10-16-21-14-9-12(7-8-15(14)24-2)5-3-4-6-13-11-20-23(17)18(13)22-16/h7-11,19H,3-6H2,1-2H3,(H,21,22). The van der Waals surface area contributed by atoms with E-state index in [2.05, 4.69) is 27.9 Å². The molecule has 1 aliphatic heterocycles. The molecule has 0 radical (unpaired) electrons. The van der Waals surface area contributed by atoms with Gasteiger partial charge in [0.25, 0.3) is 0 Å². The Morgan fingerprint density at radius 1 is 1.21 bits per heavy atom. The van der Waals surface area contributed by atoms with Crippen LogP contribution in [-0.4, -0.2) is 28.8 Å². The van der Waals surface area contributed by atoms with Crippen LogP contribution in [0.5, 0.6) is 5.75 Å². The van der Waals surface area contributed by atoms with Crippen molar-refractivity contribution in [1.82, 2.24) is 14.6 Å². The molecule has 4 rings (SSSR count). The lowest BCUT2D eigenvalue weighted by Gasteiger charge is -2.15. The van der Waals surface area contributed by atoms with Crippen molar-refractivity contribution in [3.8, 4) is 5.75 Å². The molecule has 4 bridgehead atoms. The van der Waals surface area contributed by atoms with E-state index in [0.717, 1.165) is 54.4 Å². The number of benzene rings is 1. The maximum atomic E-state index is 5.49. The van der Waals surface area contributed by atoms with Crippen molar-refractivity contribution >= 4 is 23.0 Å². The Morgan fingerprint density at radius 2 is 2.08 bits per heavy atom. The highest BCUT2D eigenvalue weighted by Crippen LogP contribution is 2.31. The summed E-state index contributed by atoms with van der Waals surface area (Å²) in [4.78, 5) is 4.78. The first-order valence-corrected chi connectivity index (χ1v) is 8.28. The number of aromatic nitrogens is 3. The Kier molecular flexibility index (Phi) is 3.72. The minimum Gasteiger partial charge on any atom is -0.495 e. The van der Waals surface area contributed by atoms with E-state index in [1.165, 1.54) is 11.1 Å². The predicted molar refractivity (Wildman–Crippen MR) is 95.5 cm³/mol. The van der Waals surface area contributed by atoms with E-state index in [4.69, 9.17) is 9.72 Å². The highest BCUT2D eigenvalue weighted by molar-refractivity contribution is 5.69. The molecule has 6 heteroatoms. The van der Waals surface area contributed by atoms with E-state index in [9.17, 15) is 0 Å². The van der Waals surface area contributed by atoms with Crippen molar-refractivity contribution in [2.75, 3.05) is 24.8 Å². The number of methoxy groups -OCH3 is 1. The first-order valence-electron chi connectivity index (χ1n) is 8.28. The number of hydrogen-bond donors (Lipinski definition) is 2. The highest BCUT2D eigenvalue weighted by Gasteiger charge is 2.14. The van der Waals surface area contributed by atoms with E-state index in [0.29, 0.717) is 0 Å². The van der Waals surface area contributed by atoms with Crippen molar-refractivity contribution in [3.63, 3.8) is 0 Å². The summed E-state index contributed by atoms with van der Waals surface area (Å²) in [6.45, 7) is 0. The molecular weight excluding hydrogens is 302 g/mol. The number of aryl methyl sites for hydroxylation is 2. The van der Waals surface area contributed by atoms with Crippen LogP contribution in [-0.2, 0) is 12.8 Å². The normalized spacial score (nSPS) is 13.9. The summed E-state index contributed by atoms with van der Waals surface area (Å²) in [5.41, 5.74) is 4.34. The highest BCUT2D eigenvalue weighted by atomic mass is 16.5. The largest absolute Gasteiger partial charge is 0.495 e. The number of anilines is 3. The van der Waals surface area contributed by atoms with E-state index in [1.54, 1.807) is 7.11 Å². The first kappa shape index (κ1) is 14.8. The van der Waals surface area contributed by atoms with Crippen molar-refractivity contribution in [2.24, 2.45) is 0 Å². The van der Waals surface area contributed by atoms with Crippen LogP contribution in [0.2, 0.25) is 0 Å². The lowest BCUT2D eigenvalue weighted by molar-refractivity contribution is 0.416. The van der Waals surface area contributed by atoms with Crippen molar-refractivity contribution < 1.29 is 4.74 Å². The fourth-order valence-corrected chi connectivity index (χ4v) is 3.22. The molecule has 124 valence electrons. The number of fused-ring (bicyclic) bond motifs is 3. The zero-order chi connectivity index (χ0) is 16.5. The molecule has 6 nitrogen and oxygen atoms in total. The SMILES string of the molecule is CNc1cc2nc3c(cnn13)CCCCc1ccc(OC)c(c1)N2. The Bertz CT molecular complexity index is 886. The van der Waals surface area contributed by atoms with Crippen molar-refractivity contribution in [1.29, 1.82) is 0 Å². The summed E-state index contributed by atoms with van der Waals surface area (Å²) in [5, 5.41) is 11.1. The van der Waals surface area contributed by atoms with Gasteiger partial charge in [-0.1, -0.05) is 6.07 Å². The zero-order valence-electron chi connectivity index (χ0n) is 14.0. The van der Waals surface area contributed by atoms with Crippen molar-refractivity contribution in [2.45, 2.75) is 25.7 Å². The third-order valence-electron chi connectivity index (χ3n) is 4.49. The number of rotatable bonds is 2. The number of ether oxygens (including phenoxy) is 1. The minimum atomic E-state index is 0.782. The third-order valence-corrected chi connectivity index (χ3v) is 4.49. The molecule has 0 aliphatic carbocycles. The molecule has 0 fully saturated rings. The van der Waals surface area contributed by atoms with Crippen LogP contribution < -0.4 is 15.4 Å². The van der Waals surface area contributed by atoms with Gasteiger partial charge in [-0.2, -0.15) is 9.61 Å². The molecule has 2 aromatic heterocycles. The quantitative estimate of drug-likeness (QED) is 0.757. The summed E-state index contributed by atoms with van der Waals surface area (Å²) in [5.74, 6) is 2.50. The molecule has 0 saturated carbocycles. The summed E-state index contributed by atoms with van der Waals surface area (Å²) < 4.78 is 7.36. The first-order chi connectivity index (χ1) is 11.8. The molecule has 0 unspecified atom stereocenters. The van der Waals surface area contributed by atoms with Crippen LogP contribution in [0.1, 0.15) is 24.0 Å². The second-order valence-electron chi connectivity index (χ2n) is 6.05. The van der Waals surface area contributed by atoms with Gasteiger partial charge in [0, 0.05) is 18.7 Å². The molecule has 0 amide bonds. The molecule has 0 saturated heterocycles. The molecular formula is C18H21N5O. The van der Waals surface area contributed by atoms with Gasteiger partial charge in [0.2, 0.25) is 0 Å². The monoisotopic (exact) mass is 323 g/mol. The topological polar surface area (TPSA) is 63.5 Å². The molecule has 0 spiro atoms. The van der Waals surface area contributed by atoms with Gasteiger partial charge in [0.05, 0.1) is 19.0 Å². The van der Waals surface area contributed by atoms with E-state index in [-0.39, 0.29) is 0 Å². The van der Waals surface area contributed by atoms with E-state index < -0.39 is 0 Å². The summed E-state index contributed by atoms with van der Waals surface area (Å²) in [6.07, 6.45) is 6.25. The fraction of sp³-hybridized carbons (Fsp3) is 0.333. The van der Waals surface area contributed by atoms with Gasteiger partial charge >= 0.3 is 0 Å². The Labute approximate surface area is 140 Å². The Balaban J connectivity index is 1.88. The molecule has 3 heterocycles. The van der Waals surface area contributed by atoms with Gasteiger partial charge in [0.1, 0.15) is 17.4 Å². The summed E-state index contributed by atoms with van der Waals surface area (Å²) >= 11 is 0. The van der Waals surface area contributed by atoms with Crippen LogP contribution in [0.4, 0.5) is 17.3 Å². The zero-order valence-corrected chi connectivity index (χ0v) is 14.0. The van der Waals surface area contributed by atoms with Crippen molar-refractivity contribution in [3.05, 3.63) is 41.6 Å².